The molecular weight excluding hydrogens is 280 g/mol. The van der Waals surface area contributed by atoms with Crippen LogP contribution in [0.4, 0.5) is 0 Å². The van der Waals surface area contributed by atoms with Gasteiger partial charge in [-0.05, 0) is 44.0 Å². The van der Waals surface area contributed by atoms with Gasteiger partial charge in [-0.3, -0.25) is 4.79 Å². The molecule has 2 rings (SSSR count). The number of amides is 1. The van der Waals surface area contributed by atoms with Crippen LogP contribution in [0.2, 0.25) is 0 Å². The molecule has 1 heterocycles. The average Bonchev–Trinajstić information content (AvgIpc) is 2.92. The third-order valence-corrected chi connectivity index (χ3v) is 3.39. The maximum atomic E-state index is 12.0. The number of carbonyl (C=O) groups is 1. The number of hydrogen-bond donors (Lipinski definition) is 3. The molecule has 0 aliphatic carbocycles. The molecule has 0 bridgehead atoms. The molecule has 1 aliphatic heterocycles. The fourth-order valence-electron chi connectivity index (χ4n) is 2.28. The molecule has 0 unspecified atom stereocenters. The minimum Gasteiger partial charge on any atom is -0.507 e. The second kappa shape index (κ2) is 7.97. The van der Waals surface area contributed by atoms with E-state index in [1.165, 1.54) is 26.0 Å². The summed E-state index contributed by atoms with van der Waals surface area (Å²) in [6, 6.07) is 5.12. The number of phenols is 1. The van der Waals surface area contributed by atoms with Crippen molar-refractivity contribution >= 4 is 18.3 Å². The zero-order chi connectivity index (χ0) is 13.7. The quantitative estimate of drug-likeness (QED) is 0.774. The predicted octanol–water partition coefficient (Wildman–Crippen LogP) is 1.69. The largest absolute Gasteiger partial charge is 0.507 e. The zero-order valence-electron chi connectivity index (χ0n) is 11.5. The molecule has 20 heavy (non-hydrogen) atoms. The first kappa shape index (κ1) is 16.6. The highest BCUT2D eigenvalue weighted by molar-refractivity contribution is 5.97. The van der Waals surface area contributed by atoms with Crippen LogP contribution in [0, 0.1) is 0 Å². The molecule has 0 spiro atoms. The summed E-state index contributed by atoms with van der Waals surface area (Å²) in [6.45, 7) is 1.67. The first-order valence-corrected chi connectivity index (χ1v) is 6.59. The summed E-state index contributed by atoms with van der Waals surface area (Å²) in [5.74, 6) is 0.257. The Hall–Kier alpha value is -1.46. The van der Waals surface area contributed by atoms with Crippen LogP contribution in [-0.2, 0) is 0 Å². The van der Waals surface area contributed by atoms with Crippen molar-refractivity contribution in [2.24, 2.45) is 0 Å². The van der Waals surface area contributed by atoms with E-state index in [1.807, 2.05) is 0 Å². The summed E-state index contributed by atoms with van der Waals surface area (Å²) in [4.78, 5) is 12.0. The highest BCUT2D eigenvalue weighted by Crippen LogP contribution is 2.22. The third-order valence-electron chi connectivity index (χ3n) is 3.39. The summed E-state index contributed by atoms with van der Waals surface area (Å²) in [7, 11) is 1.53. The molecule has 1 amide bonds. The maximum absolute atomic E-state index is 12.0. The van der Waals surface area contributed by atoms with Crippen molar-refractivity contribution in [3.05, 3.63) is 23.8 Å². The van der Waals surface area contributed by atoms with Crippen LogP contribution in [0.1, 0.15) is 29.6 Å². The molecule has 3 N–H and O–H groups in total. The molecular formula is C14H21ClN2O3. The number of carbonyl (C=O) groups excluding carboxylic acids is 1. The van der Waals surface area contributed by atoms with Gasteiger partial charge in [0.25, 0.3) is 5.91 Å². The van der Waals surface area contributed by atoms with Gasteiger partial charge in [0.05, 0.1) is 12.7 Å². The fraction of sp³-hybridized carbons (Fsp3) is 0.500. The first-order chi connectivity index (χ1) is 9.20. The molecule has 0 radical (unpaired) electrons. The molecule has 0 aromatic heterocycles. The number of rotatable bonds is 5. The Kier molecular flexibility index (Phi) is 6.61. The van der Waals surface area contributed by atoms with Gasteiger partial charge in [-0.1, -0.05) is 0 Å². The Morgan fingerprint density at radius 2 is 2.35 bits per heavy atom. The molecule has 1 aromatic rings. The minimum atomic E-state index is -0.269. The SMILES string of the molecule is COc1ccc(O)c(C(=O)NCC[C@H]2CCCN2)c1.Cl. The summed E-state index contributed by atoms with van der Waals surface area (Å²) >= 11 is 0. The molecule has 6 heteroatoms. The van der Waals surface area contributed by atoms with E-state index in [2.05, 4.69) is 10.6 Å². The number of ether oxygens (including phenoxy) is 1. The number of benzene rings is 1. The van der Waals surface area contributed by atoms with Gasteiger partial charge in [0.2, 0.25) is 0 Å². The Morgan fingerprint density at radius 3 is 3.00 bits per heavy atom. The molecule has 1 aromatic carbocycles. The van der Waals surface area contributed by atoms with Crippen LogP contribution in [0.25, 0.3) is 0 Å². The minimum absolute atomic E-state index is 0. The van der Waals surface area contributed by atoms with Crippen molar-refractivity contribution in [3.8, 4) is 11.5 Å². The number of phenolic OH excluding ortho intramolecular Hbond substituents is 1. The smallest absolute Gasteiger partial charge is 0.255 e. The molecule has 1 saturated heterocycles. The lowest BCUT2D eigenvalue weighted by molar-refractivity contribution is 0.0949. The average molecular weight is 301 g/mol. The Labute approximate surface area is 125 Å². The molecule has 1 atom stereocenters. The monoisotopic (exact) mass is 300 g/mol. The van der Waals surface area contributed by atoms with E-state index in [4.69, 9.17) is 4.74 Å². The van der Waals surface area contributed by atoms with Gasteiger partial charge in [-0.25, -0.2) is 0 Å². The predicted molar refractivity (Wildman–Crippen MR) is 79.9 cm³/mol. The van der Waals surface area contributed by atoms with Gasteiger partial charge in [0.15, 0.2) is 0 Å². The number of halogens is 1. The standard InChI is InChI=1S/C14H20N2O3.ClH/c1-19-11-4-5-13(17)12(9-11)14(18)16-8-6-10-3-2-7-15-10;/h4-5,9-10,15,17H,2-3,6-8H2,1H3,(H,16,18);1H/t10-;/m1./s1. The van der Waals surface area contributed by atoms with Crippen molar-refractivity contribution in [2.75, 3.05) is 20.2 Å². The lowest BCUT2D eigenvalue weighted by Gasteiger charge is -2.11. The second-order valence-electron chi connectivity index (χ2n) is 4.72. The zero-order valence-corrected chi connectivity index (χ0v) is 12.3. The van der Waals surface area contributed by atoms with Crippen molar-refractivity contribution in [1.29, 1.82) is 0 Å². The van der Waals surface area contributed by atoms with E-state index in [0.29, 0.717) is 18.3 Å². The van der Waals surface area contributed by atoms with E-state index in [-0.39, 0.29) is 29.6 Å². The van der Waals surface area contributed by atoms with Crippen molar-refractivity contribution in [3.63, 3.8) is 0 Å². The molecule has 1 fully saturated rings. The van der Waals surface area contributed by atoms with E-state index >= 15 is 0 Å². The Balaban J connectivity index is 0.00000200. The van der Waals surface area contributed by atoms with Gasteiger partial charge in [0, 0.05) is 12.6 Å². The Bertz CT molecular complexity index is 448. The molecule has 0 saturated carbocycles. The maximum Gasteiger partial charge on any atom is 0.255 e. The van der Waals surface area contributed by atoms with E-state index in [1.54, 1.807) is 12.1 Å². The van der Waals surface area contributed by atoms with Crippen molar-refractivity contribution in [2.45, 2.75) is 25.3 Å². The van der Waals surface area contributed by atoms with Crippen LogP contribution in [0.5, 0.6) is 11.5 Å². The first-order valence-electron chi connectivity index (χ1n) is 6.59. The van der Waals surface area contributed by atoms with Gasteiger partial charge >= 0.3 is 0 Å². The second-order valence-corrected chi connectivity index (χ2v) is 4.72. The van der Waals surface area contributed by atoms with Crippen LogP contribution in [0.15, 0.2) is 18.2 Å². The van der Waals surface area contributed by atoms with E-state index in [0.717, 1.165) is 13.0 Å². The van der Waals surface area contributed by atoms with Crippen LogP contribution >= 0.6 is 12.4 Å². The van der Waals surface area contributed by atoms with Crippen LogP contribution in [0.3, 0.4) is 0 Å². The normalized spacial score (nSPS) is 17.4. The number of nitrogens with one attached hydrogen (secondary N) is 2. The van der Waals surface area contributed by atoms with E-state index in [9.17, 15) is 9.90 Å². The summed E-state index contributed by atoms with van der Waals surface area (Å²) < 4.78 is 5.04. The highest BCUT2D eigenvalue weighted by atomic mass is 35.5. The lowest BCUT2D eigenvalue weighted by Crippen LogP contribution is -2.30. The van der Waals surface area contributed by atoms with Crippen LogP contribution < -0.4 is 15.4 Å². The lowest BCUT2D eigenvalue weighted by atomic mass is 10.1. The highest BCUT2D eigenvalue weighted by Gasteiger charge is 2.15. The van der Waals surface area contributed by atoms with Gasteiger partial charge in [-0.2, -0.15) is 0 Å². The molecule has 5 nitrogen and oxygen atoms in total. The summed E-state index contributed by atoms with van der Waals surface area (Å²) in [6.07, 6.45) is 3.28. The Morgan fingerprint density at radius 1 is 1.55 bits per heavy atom. The van der Waals surface area contributed by atoms with E-state index < -0.39 is 0 Å². The van der Waals surface area contributed by atoms with Crippen LogP contribution in [-0.4, -0.2) is 37.3 Å². The van der Waals surface area contributed by atoms with Crippen molar-refractivity contribution in [1.82, 2.24) is 10.6 Å². The third kappa shape index (κ3) is 4.28. The molecule has 1 aliphatic rings. The van der Waals surface area contributed by atoms with Crippen molar-refractivity contribution < 1.29 is 14.6 Å². The number of methoxy groups -OCH3 is 1. The molecule has 112 valence electrons. The number of aromatic hydroxyl groups is 1. The summed E-state index contributed by atoms with van der Waals surface area (Å²) in [5.41, 5.74) is 0.249. The van der Waals surface area contributed by atoms with Gasteiger partial charge < -0.3 is 20.5 Å². The fourth-order valence-corrected chi connectivity index (χ4v) is 2.28. The van der Waals surface area contributed by atoms with Gasteiger partial charge in [0.1, 0.15) is 11.5 Å². The summed E-state index contributed by atoms with van der Waals surface area (Å²) in [5, 5.41) is 15.9. The van der Waals surface area contributed by atoms with Gasteiger partial charge in [-0.15, -0.1) is 12.4 Å². The topological polar surface area (TPSA) is 70.6 Å². The number of hydrogen-bond acceptors (Lipinski definition) is 4.